The van der Waals surface area contributed by atoms with Gasteiger partial charge in [-0.05, 0) is 42.5 Å². The second-order valence-corrected chi connectivity index (χ2v) is 5.80. The van der Waals surface area contributed by atoms with Gasteiger partial charge in [-0.25, -0.2) is 4.39 Å². The van der Waals surface area contributed by atoms with Crippen LogP contribution in [0.25, 0.3) is 0 Å². The van der Waals surface area contributed by atoms with Crippen molar-refractivity contribution in [2.75, 3.05) is 6.54 Å². The van der Waals surface area contributed by atoms with Crippen LogP contribution in [0, 0.1) is 5.82 Å². The van der Waals surface area contributed by atoms with Gasteiger partial charge in [-0.15, -0.1) is 11.3 Å². The average molecular weight is 298 g/mol. The summed E-state index contributed by atoms with van der Waals surface area (Å²) in [6.07, 6.45) is 1.77. The fourth-order valence-corrected chi connectivity index (χ4v) is 3.01. The van der Waals surface area contributed by atoms with Crippen LogP contribution in [0.4, 0.5) is 4.39 Å². The number of nitrogens with one attached hydrogen (secondary N) is 1. The van der Waals surface area contributed by atoms with Gasteiger partial charge in [0.05, 0.1) is 5.02 Å². The van der Waals surface area contributed by atoms with E-state index in [1.54, 1.807) is 17.4 Å². The molecule has 0 spiro atoms. The molecule has 4 heteroatoms. The van der Waals surface area contributed by atoms with Crippen molar-refractivity contribution in [3.8, 4) is 0 Å². The lowest BCUT2D eigenvalue weighted by atomic mass is 10.0. The van der Waals surface area contributed by atoms with Crippen LogP contribution in [-0.4, -0.2) is 6.54 Å². The molecule has 1 aromatic carbocycles. The van der Waals surface area contributed by atoms with Crippen molar-refractivity contribution in [1.29, 1.82) is 0 Å². The first-order valence-electron chi connectivity index (χ1n) is 6.42. The molecule has 2 aromatic rings. The molecule has 0 aliphatic rings. The first-order chi connectivity index (χ1) is 9.22. The SMILES string of the molecule is CCCNC(Cc1cccc(F)c1Cl)c1cccs1. The molecule has 102 valence electrons. The molecule has 0 saturated heterocycles. The van der Waals surface area contributed by atoms with E-state index in [0.29, 0.717) is 6.42 Å². The molecule has 1 aromatic heterocycles. The highest BCUT2D eigenvalue weighted by Crippen LogP contribution is 2.27. The lowest BCUT2D eigenvalue weighted by Crippen LogP contribution is -2.23. The number of benzene rings is 1. The Bertz CT molecular complexity index is 513. The molecule has 19 heavy (non-hydrogen) atoms. The molecule has 1 N–H and O–H groups in total. The van der Waals surface area contributed by atoms with Gasteiger partial charge in [0, 0.05) is 10.9 Å². The minimum atomic E-state index is -0.348. The summed E-state index contributed by atoms with van der Waals surface area (Å²) in [6, 6.07) is 9.32. The first-order valence-corrected chi connectivity index (χ1v) is 7.67. The van der Waals surface area contributed by atoms with Crippen molar-refractivity contribution in [3.05, 3.63) is 57.0 Å². The molecule has 0 amide bonds. The zero-order valence-corrected chi connectivity index (χ0v) is 12.4. The zero-order chi connectivity index (χ0) is 13.7. The molecular weight excluding hydrogens is 281 g/mol. The molecule has 1 unspecified atom stereocenters. The van der Waals surface area contributed by atoms with Gasteiger partial charge in [-0.1, -0.05) is 36.7 Å². The summed E-state index contributed by atoms with van der Waals surface area (Å²) in [5.74, 6) is -0.348. The van der Waals surface area contributed by atoms with E-state index in [0.717, 1.165) is 18.5 Å². The highest BCUT2D eigenvalue weighted by Gasteiger charge is 2.15. The van der Waals surface area contributed by atoms with E-state index in [-0.39, 0.29) is 16.9 Å². The fraction of sp³-hybridized carbons (Fsp3) is 0.333. The van der Waals surface area contributed by atoms with E-state index >= 15 is 0 Å². The van der Waals surface area contributed by atoms with Crippen molar-refractivity contribution >= 4 is 22.9 Å². The highest BCUT2D eigenvalue weighted by atomic mass is 35.5. The maximum absolute atomic E-state index is 13.5. The quantitative estimate of drug-likeness (QED) is 0.806. The molecule has 1 atom stereocenters. The van der Waals surface area contributed by atoms with Crippen molar-refractivity contribution in [3.63, 3.8) is 0 Å². The fourth-order valence-electron chi connectivity index (χ4n) is 2.01. The summed E-state index contributed by atoms with van der Waals surface area (Å²) in [7, 11) is 0. The Morgan fingerprint density at radius 2 is 2.16 bits per heavy atom. The second kappa shape index (κ2) is 7.04. The molecule has 0 bridgehead atoms. The maximum Gasteiger partial charge on any atom is 0.142 e. The van der Waals surface area contributed by atoms with Crippen LogP contribution in [0.2, 0.25) is 5.02 Å². The van der Waals surface area contributed by atoms with Gasteiger partial charge in [0.25, 0.3) is 0 Å². The molecule has 0 radical (unpaired) electrons. The monoisotopic (exact) mass is 297 g/mol. The number of rotatable bonds is 6. The third-order valence-corrected chi connectivity index (χ3v) is 4.39. The standard InChI is InChI=1S/C15H17ClFNS/c1-2-8-18-13(14-7-4-9-19-14)10-11-5-3-6-12(17)15(11)16/h3-7,9,13,18H,2,8,10H2,1H3. The van der Waals surface area contributed by atoms with Crippen LogP contribution in [0.3, 0.4) is 0 Å². The first kappa shape index (κ1) is 14.5. The van der Waals surface area contributed by atoms with Crippen molar-refractivity contribution in [2.24, 2.45) is 0 Å². The van der Waals surface area contributed by atoms with Gasteiger partial charge >= 0.3 is 0 Å². The van der Waals surface area contributed by atoms with Gasteiger partial charge in [0.15, 0.2) is 0 Å². The predicted octanol–water partition coefficient (Wildman–Crippen LogP) is 4.82. The lowest BCUT2D eigenvalue weighted by molar-refractivity contribution is 0.534. The second-order valence-electron chi connectivity index (χ2n) is 4.44. The number of halogens is 2. The average Bonchev–Trinajstić information content (AvgIpc) is 2.93. The minimum Gasteiger partial charge on any atom is -0.309 e. The largest absolute Gasteiger partial charge is 0.309 e. The van der Waals surface area contributed by atoms with Gasteiger partial charge in [-0.3, -0.25) is 0 Å². The van der Waals surface area contributed by atoms with Gasteiger partial charge in [0.1, 0.15) is 5.82 Å². The highest BCUT2D eigenvalue weighted by molar-refractivity contribution is 7.10. The predicted molar refractivity (Wildman–Crippen MR) is 80.5 cm³/mol. The van der Waals surface area contributed by atoms with Crippen molar-refractivity contribution < 1.29 is 4.39 Å². The van der Waals surface area contributed by atoms with Gasteiger partial charge < -0.3 is 5.32 Å². The molecule has 2 rings (SSSR count). The smallest absolute Gasteiger partial charge is 0.142 e. The van der Waals surface area contributed by atoms with E-state index in [9.17, 15) is 4.39 Å². The summed E-state index contributed by atoms with van der Waals surface area (Å²) in [6.45, 7) is 3.07. The lowest BCUT2D eigenvalue weighted by Gasteiger charge is -2.18. The number of hydrogen-bond acceptors (Lipinski definition) is 2. The maximum atomic E-state index is 13.5. The molecule has 0 saturated carbocycles. The summed E-state index contributed by atoms with van der Waals surface area (Å²) >= 11 is 7.74. The van der Waals surface area contributed by atoms with Crippen LogP contribution in [-0.2, 0) is 6.42 Å². The molecular formula is C15H17ClFNS. The Kier molecular flexibility index (Phi) is 5.37. The summed E-state index contributed by atoms with van der Waals surface area (Å²) < 4.78 is 13.5. The number of thiophene rings is 1. The Hall–Kier alpha value is -0.900. The third kappa shape index (κ3) is 3.78. The topological polar surface area (TPSA) is 12.0 Å². The van der Waals surface area contributed by atoms with E-state index in [1.807, 2.05) is 12.1 Å². The summed E-state index contributed by atoms with van der Waals surface area (Å²) in [5.41, 5.74) is 0.851. The Labute approximate surface area is 122 Å². The Morgan fingerprint density at radius 1 is 1.32 bits per heavy atom. The van der Waals surface area contributed by atoms with Crippen molar-refractivity contribution in [2.45, 2.75) is 25.8 Å². The minimum absolute atomic E-state index is 0.194. The van der Waals surface area contributed by atoms with Crippen LogP contribution < -0.4 is 5.32 Å². The molecule has 0 aliphatic carbocycles. The van der Waals surface area contributed by atoms with E-state index in [2.05, 4.69) is 23.7 Å². The molecule has 1 nitrogen and oxygen atoms in total. The van der Waals surface area contributed by atoms with Gasteiger partial charge in [0.2, 0.25) is 0 Å². The van der Waals surface area contributed by atoms with Crippen molar-refractivity contribution in [1.82, 2.24) is 5.32 Å². The normalized spacial score (nSPS) is 12.6. The summed E-state index contributed by atoms with van der Waals surface area (Å²) in [4.78, 5) is 1.26. The van der Waals surface area contributed by atoms with Crippen LogP contribution >= 0.6 is 22.9 Å². The number of hydrogen-bond donors (Lipinski definition) is 1. The van der Waals surface area contributed by atoms with Crippen LogP contribution in [0.1, 0.15) is 29.8 Å². The zero-order valence-electron chi connectivity index (χ0n) is 10.8. The Balaban J connectivity index is 2.18. The van der Waals surface area contributed by atoms with Crippen LogP contribution in [0.5, 0.6) is 0 Å². The van der Waals surface area contributed by atoms with Crippen LogP contribution in [0.15, 0.2) is 35.7 Å². The summed E-state index contributed by atoms with van der Waals surface area (Å²) in [5, 5.41) is 5.79. The molecule has 0 aliphatic heterocycles. The van der Waals surface area contributed by atoms with Gasteiger partial charge in [-0.2, -0.15) is 0 Å². The molecule has 0 fully saturated rings. The molecule has 1 heterocycles. The van der Waals surface area contributed by atoms with E-state index < -0.39 is 0 Å². The third-order valence-electron chi connectivity index (χ3n) is 2.98. The Morgan fingerprint density at radius 3 is 2.84 bits per heavy atom. The van der Waals surface area contributed by atoms with E-state index in [4.69, 9.17) is 11.6 Å². The van der Waals surface area contributed by atoms with E-state index in [1.165, 1.54) is 10.9 Å².